The van der Waals surface area contributed by atoms with Crippen molar-refractivity contribution in [2.24, 2.45) is 11.3 Å². The number of carbonyl (C=O) groups excluding carboxylic acids is 1. The van der Waals surface area contributed by atoms with Crippen LogP contribution in [0.4, 0.5) is 5.69 Å². The second-order valence-electron chi connectivity index (χ2n) is 13.8. The molecule has 244 valence electrons. The summed E-state index contributed by atoms with van der Waals surface area (Å²) in [6.45, 7) is 6.75. The minimum Gasteiger partial charge on any atom is -0.490 e. The van der Waals surface area contributed by atoms with Crippen molar-refractivity contribution in [1.82, 2.24) is 14.5 Å². The summed E-state index contributed by atoms with van der Waals surface area (Å²) in [4.78, 5) is 15.7. The average molecular weight is 665 g/mol. The van der Waals surface area contributed by atoms with Gasteiger partial charge in [0.2, 0.25) is 0 Å². The molecule has 3 aromatic rings. The molecule has 2 aromatic carbocycles. The van der Waals surface area contributed by atoms with E-state index in [2.05, 4.69) is 45.9 Å². The van der Waals surface area contributed by atoms with Crippen molar-refractivity contribution in [1.29, 1.82) is 0 Å². The number of sulfonamides is 1. The molecule has 0 saturated heterocycles. The quantitative estimate of drug-likeness (QED) is 0.324. The van der Waals surface area contributed by atoms with Gasteiger partial charge in [0.1, 0.15) is 11.4 Å². The third-order valence-electron chi connectivity index (χ3n) is 10.8. The van der Waals surface area contributed by atoms with Gasteiger partial charge in [0.25, 0.3) is 15.9 Å². The fourth-order valence-corrected chi connectivity index (χ4v) is 9.22. The first-order valence-corrected chi connectivity index (χ1v) is 18.0. The summed E-state index contributed by atoms with van der Waals surface area (Å²) < 4.78 is 43.6. The summed E-state index contributed by atoms with van der Waals surface area (Å²) in [6.07, 6.45) is 9.32. The Morgan fingerprint density at radius 2 is 1.96 bits per heavy atom. The maximum absolute atomic E-state index is 13.8. The van der Waals surface area contributed by atoms with Gasteiger partial charge < -0.3 is 14.4 Å². The van der Waals surface area contributed by atoms with Crippen LogP contribution in [-0.4, -0.2) is 50.9 Å². The van der Waals surface area contributed by atoms with Crippen LogP contribution < -0.4 is 14.4 Å². The number of hydrogen-bond acceptors (Lipinski definition) is 7. The molecule has 2 aliphatic heterocycles. The van der Waals surface area contributed by atoms with Crippen molar-refractivity contribution in [2.75, 3.05) is 31.7 Å². The topological polar surface area (TPSA) is 103 Å². The zero-order valence-corrected chi connectivity index (χ0v) is 28.2. The Labute approximate surface area is 276 Å². The number of fused-ring (bicyclic) bond motifs is 6. The summed E-state index contributed by atoms with van der Waals surface area (Å²) in [7, 11) is -2.88. The second kappa shape index (κ2) is 11.7. The number of benzene rings is 2. The minimum absolute atomic E-state index is 0.00380. The molecule has 3 heterocycles. The highest BCUT2D eigenvalue weighted by atomic mass is 35.5. The lowest BCUT2D eigenvalue weighted by atomic mass is 9.59. The first kappa shape index (κ1) is 31.3. The summed E-state index contributed by atoms with van der Waals surface area (Å²) in [5, 5.41) is 5.31. The third-order valence-corrected chi connectivity index (χ3v) is 12.3. The van der Waals surface area contributed by atoms with Crippen molar-refractivity contribution in [3.05, 3.63) is 82.2 Å². The van der Waals surface area contributed by atoms with E-state index in [9.17, 15) is 13.2 Å². The lowest BCUT2D eigenvalue weighted by Crippen LogP contribution is -2.52. The maximum atomic E-state index is 13.8. The second-order valence-corrected chi connectivity index (χ2v) is 15.9. The number of amides is 1. The van der Waals surface area contributed by atoms with Gasteiger partial charge >= 0.3 is 0 Å². The Hall–Kier alpha value is -3.34. The largest absolute Gasteiger partial charge is 0.490 e. The number of nitrogens with one attached hydrogen (secondary N) is 1. The van der Waals surface area contributed by atoms with Crippen molar-refractivity contribution in [2.45, 2.75) is 75.3 Å². The molecule has 46 heavy (non-hydrogen) atoms. The first-order chi connectivity index (χ1) is 22.0. The van der Waals surface area contributed by atoms with E-state index in [-0.39, 0.29) is 15.7 Å². The van der Waals surface area contributed by atoms with Crippen molar-refractivity contribution >= 4 is 33.2 Å². The highest BCUT2D eigenvalue weighted by Crippen LogP contribution is 2.52. The van der Waals surface area contributed by atoms with Gasteiger partial charge in [-0.2, -0.15) is 5.10 Å². The van der Waals surface area contributed by atoms with E-state index in [4.69, 9.17) is 21.1 Å². The molecule has 1 saturated carbocycles. The molecular weight excluding hydrogens is 624 g/mol. The molecular formula is C35H41ClN4O5S. The van der Waals surface area contributed by atoms with Crippen molar-refractivity contribution in [3.63, 3.8) is 0 Å². The highest BCUT2D eigenvalue weighted by molar-refractivity contribution is 7.90. The summed E-state index contributed by atoms with van der Waals surface area (Å²) in [5.41, 5.74) is 4.21. The van der Waals surface area contributed by atoms with Gasteiger partial charge in [0, 0.05) is 36.3 Å². The normalized spacial score (nSPS) is 29.6. The van der Waals surface area contributed by atoms with Crippen molar-refractivity contribution < 1.29 is 22.7 Å². The van der Waals surface area contributed by atoms with E-state index in [0.29, 0.717) is 37.1 Å². The Kier molecular flexibility index (Phi) is 7.97. The number of carbonyl (C=O) groups is 1. The number of ether oxygens (including phenoxy) is 2. The number of halogens is 1. The smallest absolute Gasteiger partial charge is 0.269 e. The fraction of sp³-hybridized carbons (Fsp3) is 0.486. The number of aryl methyl sites for hydroxylation is 2. The molecule has 1 spiro atoms. The lowest BCUT2D eigenvalue weighted by molar-refractivity contribution is -0.129. The number of anilines is 1. The Morgan fingerprint density at radius 3 is 2.74 bits per heavy atom. The van der Waals surface area contributed by atoms with Crippen LogP contribution in [0.3, 0.4) is 0 Å². The fourth-order valence-electron chi connectivity index (χ4n) is 8.02. The first-order valence-electron chi connectivity index (χ1n) is 16.1. The summed E-state index contributed by atoms with van der Waals surface area (Å²) >= 11 is 6.43. The zero-order valence-electron chi connectivity index (χ0n) is 26.6. The number of allylic oxidation sites excluding steroid dienone is 2. The maximum Gasteiger partial charge on any atom is 0.269 e. The zero-order chi connectivity index (χ0) is 32.3. The van der Waals surface area contributed by atoms with Crippen LogP contribution in [0.15, 0.2) is 59.5 Å². The van der Waals surface area contributed by atoms with Crippen LogP contribution in [-0.2, 0) is 37.9 Å². The van der Waals surface area contributed by atoms with Gasteiger partial charge in [0.15, 0.2) is 6.10 Å². The molecule has 2 aliphatic carbocycles. The van der Waals surface area contributed by atoms with Crippen LogP contribution in [0, 0.1) is 18.3 Å². The van der Waals surface area contributed by atoms with E-state index in [0.717, 1.165) is 61.5 Å². The van der Waals surface area contributed by atoms with E-state index < -0.39 is 22.0 Å². The number of nitrogens with zero attached hydrogens (tertiary/aromatic N) is 3. The predicted octanol–water partition coefficient (Wildman–Crippen LogP) is 5.89. The van der Waals surface area contributed by atoms with Gasteiger partial charge in [-0.05, 0) is 104 Å². The summed E-state index contributed by atoms with van der Waals surface area (Å²) in [5.74, 6) is 0.336. The Balaban J connectivity index is 1.32. The van der Waals surface area contributed by atoms with Crippen LogP contribution in [0.2, 0.25) is 5.02 Å². The molecule has 9 nitrogen and oxygen atoms in total. The van der Waals surface area contributed by atoms with Gasteiger partial charge in [-0.1, -0.05) is 36.7 Å². The van der Waals surface area contributed by atoms with Crippen LogP contribution in [0.25, 0.3) is 0 Å². The Bertz CT molecular complexity index is 1820. The van der Waals surface area contributed by atoms with Gasteiger partial charge in [-0.25, -0.2) is 13.1 Å². The molecule has 4 bridgehead atoms. The third kappa shape index (κ3) is 5.52. The molecule has 1 N–H and O–H groups in total. The molecule has 4 aliphatic rings. The highest BCUT2D eigenvalue weighted by Gasteiger charge is 2.47. The number of aromatic nitrogens is 2. The number of methoxy groups -OCH3 is 1. The minimum atomic E-state index is -4.25. The van der Waals surface area contributed by atoms with Crippen LogP contribution in [0.5, 0.6) is 5.75 Å². The standard InChI is InChI=1S/C35H41ClN4O5S/c1-23-17-29-32(44-3)33(41)38-46(42,43)27-10-12-31-30(19-27)39(20-34(2)15-13-25(34)8-4-5-16-40(23)37-29)21-35(22-45-31)14-6-7-24-18-26(36)9-11-28(24)35/h4-5,9-12,17-19,25,32H,6-8,13-16,20-22H2,1-3H3,(H,38,41)/b5-4+/t25-,32?,34?,35+/m1/s1. The number of rotatable bonds is 1. The number of hydrogen-bond donors (Lipinski definition) is 1. The van der Waals surface area contributed by atoms with E-state index >= 15 is 0 Å². The van der Waals surface area contributed by atoms with Gasteiger partial charge in [0.05, 0.1) is 23.7 Å². The molecule has 11 heteroatoms. The molecule has 1 amide bonds. The molecule has 4 atom stereocenters. The van der Waals surface area contributed by atoms with E-state index in [1.165, 1.54) is 24.3 Å². The Morgan fingerprint density at radius 1 is 1.11 bits per heavy atom. The van der Waals surface area contributed by atoms with Gasteiger partial charge in [-0.15, -0.1) is 0 Å². The molecule has 1 fully saturated rings. The van der Waals surface area contributed by atoms with Gasteiger partial charge in [-0.3, -0.25) is 9.48 Å². The summed E-state index contributed by atoms with van der Waals surface area (Å²) in [6, 6.07) is 12.9. The molecule has 2 unspecified atom stereocenters. The van der Waals surface area contributed by atoms with E-state index in [1.807, 2.05) is 13.0 Å². The predicted molar refractivity (Wildman–Crippen MR) is 177 cm³/mol. The lowest BCUT2D eigenvalue weighted by Gasteiger charge is -2.51. The molecule has 7 rings (SSSR count). The molecule has 1 aromatic heterocycles. The monoisotopic (exact) mass is 664 g/mol. The van der Waals surface area contributed by atoms with Crippen LogP contribution in [0.1, 0.15) is 67.6 Å². The average Bonchev–Trinajstić information content (AvgIpc) is 3.30. The SMILES string of the molecule is COC1C(=O)NS(=O)(=O)c2ccc3c(c2)N(CC2(C)CC[C@H]2C/C=C/Cn2nc1cc2C)C[C@@]1(CCCc2cc(Cl)ccc21)CO3. The van der Waals surface area contributed by atoms with E-state index in [1.54, 1.807) is 22.9 Å². The van der Waals surface area contributed by atoms with Crippen LogP contribution >= 0.6 is 11.6 Å². The molecule has 0 radical (unpaired) electrons. The van der Waals surface area contributed by atoms with Crippen molar-refractivity contribution in [3.8, 4) is 5.75 Å².